The van der Waals surface area contributed by atoms with Crippen LogP contribution in [0.15, 0.2) is 12.2 Å². The van der Waals surface area contributed by atoms with Gasteiger partial charge in [0.25, 0.3) is 0 Å². The van der Waals surface area contributed by atoms with Crippen molar-refractivity contribution in [1.82, 2.24) is 0 Å². The molecule has 56 valence electrons. The molecule has 0 aliphatic heterocycles. The SMILES string of the molecule is [CH2-]C=CCC(C)(C)C.[Cl][Zn+]. The summed E-state index contributed by atoms with van der Waals surface area (Å²) < 4.78 is 0. The van der Waals surface area contributed by atoms with Gasteiger partial charge in [-0.25, -0.2) is 19.1 Å². The maximum absolute atomic E-state index is 4.76. The Hall–Kier alpha value is 0.523. The number of allylic oxidation sites excluding steroid dienone is 2. The first-order valence-corrected chi connectivity index (χ1v) is 7.17. The van der Waals surface area contributed by atoms with Crippen LogP contribution in [0.2, 0.25) is 0 Å². The molecular weight excluding hydrogens is 197 g/mol. The number of rotatable bonds is 1. The van der Waals surface area contributed by atoms with Gasteiger partial charge in [0.1, 0.15) is 0 Å². The van der Waals surface area contributed by atoms with Gasteiger partial charge in [-0.05, 0) is 0 Å². The first-order chi connectivity index (χ1) is 4.56. The molecule has 0 unspecified atom stereocenters. The van der Waals surface area contributed by atoms with E-state index in [9.17, 15) is 0 Å². The van der Waals surface area contributed by atoms with Crippen molar-refractivity contribution in [2.75, 3.05) is 0 Å². The van der Waals surface area contributed by atoms with Crippen LogP contribution >= 0.6 is 9.69 Å². The summed E-state index contributed by atoms with van der Waals surface area (Å²) in [7, 11) is 4.76. The Bertz CT molecular complexity index is 81.7. The summed E-state index contributed by atoms with van der Waals surface area (Å²) in [6, 6.07) is 0. The van der Waals surface area contributed by atoms with Crippen molar-refractivity contribution < 1.29 is 17.3 Å². The second kappa shape index (κ2) is 7.63. The molecule has 0 saturated heterocycles. The summed E-state index contributed by atoms with van der Waals surface area (Å²) in [6.07, 6.45) is 5.07. The second-order valence-corrected chi connectivity index (χ2v) is 3.24. The number of hydrogen-bond donors (Lipinski definition) is 0. The van der Waals surface area contributed by atoms with Gasteiger partial charge in [0, 0.05) is 0 Å². The summed E-state index contributed by atoms with van der Waals surface area (Å²) in [6.45, 7) is 10.3. The van der Waals surface area contributed by atoms with Crippen molar-refractivity contribution >= 4 is 9.69 Å². The summed E-state index contributed by atoms with van der Waals surface area (Å²) in [5.74, 6) is 0. The van der Waals surface area contributed by atoms with Crippen molar-refractivity contribution in [1.29, 1.82) is 0 Å². The fraction of sp³-hybridized carbons (Fsp3) is 0.625. The second-order valence-electron chi connectivity index (χ2n) is 3.24. The van der Waals surface area contributed by atoms with Gasteiger partial charge in [0.05, 0.1) is 0 Å². The summed E-state index contributed by atoms with van der Waals surface area (Å²) in [4.78, 5) is 0. The van der Waals surface area contributed by atoms with Crippen LogP contribution < -0.4 is 0 Å². The van der Waals surface area contributed by atoms with Crippen molar-refractivity contribution in [3.63, 3.8) is 0 Å². The zero-order valence-corrected chi connectivity index (χ0v) is 10.9. The van der Waals surface area contributed by atoms with Crippen molar-refractivity contribution in [3.05, 3.63) is 19.1 Å². The Morgan fingerprint density at radius 1 is 1.40 bits per heavy atom. The summed E-state index contributed by atoms with van der Waals surface area (Å²) in [5, 5.41) is 0. The molecule has 2 heteroatoms. The molecule has 0 heterocycles. The standard InChI is InChI=1S/C8H15.ClH.Zn/c1-5-6-7-8(2,3)4;;/h5-6H,1,7H2,2-4H3;1H;/q-1;;+2/p-1. The average Bonchev–Trinajstić information content (AvgIpc) is 1.87. The predicted molar refractivity (Wildman–Crippen MR) is 44.4 cm³/mol. The first-order valence-electron chi connectivity index (χ1n) is 3.27. The van der Waals surface area contributed by atoms with Crippen LogP contribution in [0.1, 0.15) is 27.2 Å². The van der Waals surface area contributed by atoms with Crippen LogP contribution in [0.3, 0.4) is 0 Å². The molecule has 0 aliphatic carbocycles. The fourth-order valence-corrected chi connectivity index (χ4v) is 0.437. The molecule has 0 saturated carbocycles. The molecule has 0 amide bonds. The van der Waals surface area contributed by atoms with Gasteiger partial charge in [-0.1, -0.05) is 32.6 Å². The van der Waals surface area contributed by atoms with Gasteiger partial charge in [-0.15, -0.1) is 0 Å². The molecule has 0 N–H and O–H groups in total. The molecule has 10 heavy (non-hydrogen) atoms. The third-order valence-electron chi connectivity index (χ3n) is 0.897. The molecule has 0 rings (SSSR count). The summed E-state index contributed by atoms with van der Waals surface area (Å²) >= 11 is 0.847. The van der Waals surface area contributed by atoms with E-state index < -0.39 is 0 Å². The molecule has 0 bridgehead atoms. The van der Waals surface area contributed by atoms with Crippen molar-refractivity contribution in [2.45, 2.75) is 27.2 Å². The van der Waals surface area contributed by atoms with Gasteiger partial charge < -0.3 is 0 Å². The zero-order valence-electron chi connectivity index (χ0n) is 7.15. The van der Waals surface area contributed by atoms with E-state index in [1.807, 2.05) is 6.08 Å². The Balaban J connectivity index is 0. The molecule has 0 atom stereocenters. The van der Waals surface area contributed by atoms with Crippen LogP contribution in [0.4, 0.5) is 0 Å². The van der Waals surface area contributed by atoms with Gasteiger partial charge in [0.2, 0.25) is 0 Å². The molecule has 0 spiro atoms. The van der Waals surface area contributed by atoms with Crippen molar-refractivity contribution in [3.8, 4) is 0 Å². The minimum absolute atomic E-state index is 0.425. The Kier molecular flexibility index (Phi) is 10.0. The molecule has 0 nitrogen and oxygen atoms in total. The number of hydrogen-bond acceptors (Lipinski definition) is 0. The monoisotopic (exact) mass is 210 g/mol. The Labute approximate surface area is 78.8 Å². The molecular formula is C8H15ClZn. The summed E-state index contributed by atoms with van der Waals surface area (Å²) in [5.41, 5.74) is 0.425. The third kappa shape index (κ3) is 15.8. The zero-order chi connectivity index (χ0) is 8.62. The van der Waals surface area contributed by atoms with Crippen molar-refractivity contribution in [2.24, 2.45) is 5.41 Å². The molecule has 0 fully saturated rings. The molecule has 0 aromatic rings. The van der Waals surface area contributed by atoms with E-state index in [1.165, 1.54) is 0 Å². The Morgan fingerprint density at radius 3 is 1.90 bits per heavy atom. The van der Waals surface area contributed by atoms with Crippen LogP contribution in [0, 0.1) is 12.3 Å². The van der Waals surface area contributed by atoms with Gasteiger partial charge >= 0.3 is 27.0 Å². The minimum atomic E-state index is 0.425. The van der Waals surface area contributed by atoms with Crippen LogP contribution in [-0.4, -0.2) is 0 Å². The fourth-order valence-electron chi connectivity index (χ4n) is 0.437. The molecule has 0 aliphatic rings. The first kappa shape index (κ1) is 13.1. The normalized spacial score (nSPS) is 11.0. The van der Waals surface area contributed by atoms with Gasteiger partial charge in [0.15, 0.2) is 0 Å². The van der Waals surface area contributed by atoms with Gasteiger partial charge in [-0.3, -0.25) is 0 Å². The van der Waals surface area contributed by atoms with E-state index in [1.54, 1.807) is 0 Å². The molecule has 0 aromatic carbocycles. The molecule has 0 radical (unpaired) electrons. The molecule has 0 aromatic heterocycles. The van der Waals surface area contributed by atoms with E-state index in [-0.39, 0.29) is 0 Å². The van der Waals surface area contributed by atoms with Gasteiger partial charge in [-0.2, -0.15) is 0 Å². The quantitative estimate of drug-likeness (QED) is 0.461. The van der Waals surface area contributed by atoms with E-state index in [0.717, 1.165) is 23.7 Å². The topological polar surface area (TPSA) is 0 Å². The Morgan fingerprint density at radius 2 is 1.80 bits per heavy atom. The van der Waals surface area contributed by atoms with E-state index >= 15 is 0 Å². The third-order valence-corrected chi connectivity index (χ3v) is 0.897. The average molecular weight is 212 g/mol. The van der Waals surface area contributed by atoms with E-state index in [4.69, 9.17) is 9.69 Å². The number of halogens is 1. The maximum atomic E-state index is 4.76. The predicted octanol–water partition coefficient (Wildman–Crippen LogP) is 3.50. The van der Waals surface area contributed by atoms with E-state index in [0.29, 0.717) is 5.41 Å². The van der Waals surface area contributed by atoms with Crippen LogP contribution in [0.25, 0.3) is 0 Å². The van der Waals surface area contributed by atoms with Crippen LogP contribution in [0.5, 0.6) is 0 Å². The van der Waals surface area contributed by atoms with E-state index in [2.05, 4.69) is 33.8 Å². The van der Waals surface area contributed by atoms with Crippen LogP contribution in [-0.2, 0) is 17.3 Å².